The summed E-state index contributed by atoms with van der Waals surface area (Å²) in [5, 5.41) is 0. The predicted molar refractivity (Wildman–Crippen MR) is 123 cm³/mol. The van der Waals surface area contributed by atoms with Gasteiger partial charge in [0.05, 0.1) is 14.2 Å². The van der Waals surface area contributed by atoms with Gasteiger partial charge >= 0.3 is 12.5 Å². The first-order valence-electron chi connectivity index (χ1n) is 8.94. The Kier molecular flexibility index (Phi) is 8.32. The Labute approximate surface area is 179 Å². The average molecular weight is 419 g/mol. The van der Waals surface area contributed by atoms with E-state index in [4.69, 9.17) is 32.4 Å². The zero-order valence-corrected chi connectivity index (χ0v) is 18.8. The van der Waals surface area contributed by atoms with Crippen molar-refractivity contribution >= 4 is 46.4 Å². The number of hydrogen-bond donors (Lipinski definition) is 0. The van der Waals surface area contributed by atoms with Gasteiger partial charge in [0.2, 0.25) is 0 Å². The second kappa shape index (κ2) is 10.3. The van der Waals surface area contributed by atoms with Crippen LogP contribution in [-0.2, 0) is 0 Å². The SMILES string of the molecule is COc1ccc(/C(B(Cl)Cl)=C(/B(N(C)C)N(C)C)c2ccc(OC)cc2)cc1. The van der Waals surface area contributed by atoms with Gasteiger partial charge in [0.1, 0.15) is 11.5 Å². The van der Waals surface area contributed by atoms with Crippen LogP contribution in [0.15, 0.2) is 48.5 Å². The maximum absolute atomic E-state index is 6.52. The minimum Gasteiger partial charge on any atom is -0.497 e. The maximum Gasteiger partial charge on any atom is 0.383 e. The van der Waals surface area contributed by atoms with Crippen molar-refractivity contribution in [1.82, 2.24) is 9.62 Å². The fourth-order valence-electron chi connectivity index (χ4n) is 3.36. The summed E-state index contributed by atoms with van der Waals surface area (Å²) in [6, 6.07) is 15.8. The van der Waals surface area contributed by atoms with Gasteiger partial charge in [-0.1, -0.05) is 24.3 Å². The molecule has 0 fully saturated rings. The lowest BCUT2D eigenvalue weighted by Gasteiger charge is -2.31. The smallest absolute Gasteiger partial charge is 0.383 e. The van der Waals surface area contributed by atoms with Crippen LogP contribution in [0.4, 0.5) is 0 Å². The molecule has 0 aliphatic heterocycles. The number of benzene rings is 2. The Hall–Kier alpha value is -1.59. The molecule has 0 heterocycles. The first kappa shape index (κ1) is 22.7. The van der Waals surface area contributed by atoms with E-state index in [0.717, 1.165) is 33.6 Å². The number of halogens is 2. The van der Waals surface area contributed by atoms with Crippen LogP contribution in [0.5, 0.6) is 11.5 Å². The highest BCUT2D eigenvalue weighted by Gasteiger charge is 2.33. The fourth-order valence-corrected chi connectivity index (χ4v) is 3.85. The van der Waals surface area contributed by atoms with Gasteiger partial charge in [-0.25, -0.2) is 0 Å². The molecule has 148 valence electrons. The molecule has 2 rings (SSSR count). The van der Waals surface area contributed by atoms with Crippen LogP contribution in [-0.4, -0.2) is 64.6 Å². The van der Waals surface area contributed by atoms with Gasteiger partial charge in [-0.05, 0) is 74.5 Å². The molecule has 8 heteroatoms. The molecule has 0 aliphatic carbocycles. The second-order valence-corrected chi connectivity index (χ2v) is 7.98. The van der Waals surface area contributed by atoms with Crippen molar-refractivity contribution in [2.45, 2.75) is 0 Å². The summed E-state index contributed by atoms with van der Waals surface area (Å²) in [7, 11) is 11.5. The van der Waals surface area contributed by atoms with Crippen LogP contribution in [0, 0.1) is 0 Å². The van der Waals surface area contributed by atoms with E-state index < -0.39 is 5.54 Å². The van der Waals surface area contributed by atoms with E-state index in [-0.39, 0.29) is 6.98 Å². The maximum atomic E-state index is 6.52. The second-order valence-electron chi connectivity index (χ2n) is 6.89. The molecule has 0 aromatic heterocycles. The number of methoxy groups -OCH3 is 2. The molecule has 0 unspecified atom stereocenters. The Balaban J connectivity index is 2.78. The summed E-state index contributed by atoms with van der Waals surface area (Å²) in [6.07, 6.45) is 0. The van der Waals surface area contributed by atoms with Crippen molar-refractivity contribution in [1.29, 1.82) is 0 Å². The van der Waals surface area contributed by atoms with Gasteiger partial charge in [-0.15, -0.1) is 0 Å². The van der Waals surface area contributed by atoms with Crippen LogP contribution in [0.2, 0.25) is 0 Å². The van der Waals surface area contributed by atoms with Crippen LogP contribution >= 0.6 is 22.9 Å². The molecular weight excluding hydrogens is 393 g/mol. The van der Waals surface area contributed by atoms with Gasteiger partial charge in [-0.2, -0.15) is 22.9 Å². The van der Waals surface area contributed by atoms with Crippen molar-refractivity contribution in [2.75, 3.05) is 42.4 Å². The summed E-state index contributed by atoms with van der Waals surface area (Å²) in [5.74, 6) is 1.58. The van der Waals surface area contributed by atoms with E-state index >= 15 is 0 Å². The molecule has 0 saturated carbocycles. The Morgan fingerprint density at radius 2 is 1.04 bits per heavy atom. The molecule has 0 spiro atoms. The molecular formula is C20H26B2Cl2N2O2. The van der Waals surface area contributed by atoms with E-state index in [1.807, 2.05) is 76.7 Å². The molecule has 0 amide bonds. The molecule has 4 nitrogen and oxygen atoms in total. The van der Waals surface area contributed by atoms with E-state index in [9.17, 15) is 0 Å². The standard InChI is InChI=1S/C20H26B2Cl2N2O2/c1-25(2)22(26(3)4)20(16-9-13-18(28-6)14-10-16)19(21(23)24)15-7-11-17(27-5)12-8-15/h7-14H,1-6H3/b20-19-. The predicted octanol–water partition coefficient (Wildman–Crippen LogP) is 4.27. The van der Waals surface area contributed by atoms with E-state index in [0.29, 0.717) is 0 Å². The van der Waals surface area contributed by atoms with Gasteiger partial charge in [0.15, 0.2) is 0 Å². The lowest BCUT2D eigenvalue weighted by atomic mass is 9.56. The topological polar surface area (TPSA) is 24.9 Å². The van der Waals surface area contributed by atoms with Crippen molar-refractivity contribution in [3.05, 3.63) is 59.7 Å². The zero-order valence-electron chi connectivity index (χ0n) is 17.2. The molecule has 0 aliphatic rings. The van der Waals surface area contributed by atoms with Gasteiger partial charge in [-0.3, -0.25) is 0 Å². The summed E-state index contributed by atoms with van der Waals surface area (Å²) >= 11 is 13.0. The first-order valence-corrected chi connectivity index (χ1v) is 9.81. The minimum absolute atomic E-state index is 0.0366. The third kappa shape index (κ3) is 5.26. The molecule has 28 heavy (non-hydrogen) atoms. The molecule has 2 aromatic rings. The third-order valence-electron chi connectivity index (χ3n) is 4.55. The molecule has 0 saturated heterocycles. The number of ether oxygens (including phenoxy) is 2. The highest BCUT2D eigenvalue weighted by atomic mass is 35.5. The minimum atomic E-state index is -0.701. The highest BCUT2D eigenvalue weighted by Crippen LogP contribution is 2.35. The van der Waals surface area contributed by atoms with E-state index in [1.54, 1.807) is 14.2 Å². The third-order valence-corrected chi connectivity index (χ3v) is 4.98. The summed E-state index contributed by atoms with van der Waals surface area (Å²) in [6.45, 7) is -0.0366. The van der Waals surface area contributed by atoms with Gasteiger partial charge in [0, 0.05) is 0 Å². The molecule has 0 N–H and O–H groups in total. The fraction of sp³-hybridized carbons (Fsp3) is 0.300. The molecule has 0 atom stereocenters. The lowest BCUT2D eigenvalue weighted by molar-refractivity contribution is 0.414. The van der Waals surface area contributed by atoms with Gasteiger partial charge < -0.3 is 19.1 Å². The Bertz CT molecular complexity index is 787. The monoisotopic (exact) mass is 418 g/mol. The first-order chi connectivity index (χ1) is 13.3. The van der Waals surface area contributed by atoms with E-state index in [2.05, 4.69) is 9.62 Å². The summed E-state index contributed by atoms with van der Waals surface area (Å²) in [5.41, 5.74) is 3.19. The number of rotatable bonds is 8. The van der Waals surface area contributed by atoms with E-state index in [1.165, 1.54) is 0 Å². The highest BCUT2D eigenvalue weighted by molar-refractivity contribution is 7.42. The van der Waals surface area contributed by atoms with Crippen molar-refractivity contribution < 1.29 is 9.47 Å². The van der Waals surface area contributed by atoms with Crippen molar-refractivity contribution in [3.63, 3.8) is 0 Å². The van der Waals surface area contributed by atoms with Crippen molar-refractivity contribution in [3.8, 4) is 11.5 Å². The summed E-state index contributed by atoms with van der Waals surface area (Å²) in [4.78, 5) is 4.28. The lowest BCUT2D eigenvalue weighted by Crippen LogP contribution is -2.47. The van der Waals surface area contributed by atoms with Crippen LogP contribution in [0.3, 0.4) is 0 Å². The van der Waals surface area contributed by atoms with Crippen LogP contribution in [0.25, 0.3) is 10.9 Å². The molecule has 0 radical (unpaired) electrons. The average Bonchev–Trinajstić information content (AvgIpc) is 2.67. The van der Waals surface area contributed by atoms with Crippen LogP contribution < -0.4 is 9.47 Å². The Morgan fingerprint density at radius 1 is 0.679 bits per heavy atom. The summed E-state index contributed by atoms with van der Waals surface area (Å²) < 4.78 is 10.6. The van der Waals surface area contributed by atoms with Crippen LogP contribution in [0.1, 0.15) is 11.1 Å². The molecule has 2 aromatic carbocycles. The quantitative estimate of drug-likeness (QED) is 0.472. The molecule has 0 bridgehead atoms. The largest absolute Gasteiger partial charge is 0.497 e. The Morgan fingerprint density at radius 3 is 1.32 bits per heavy atom. The normalized spacial score (nSPS) is 12.1. The number of nitrogens with zero attached hydrogens (tertiary/aromatic N) is 2. The zero-order chi connectivity index (χ0) is 20.8. The van der Waals surface area contributed by atoms with Gasteiger partial charge in [0.25, 0.3) is 0 Å². The van der Waals surface area contributed by atoms with Crippen molar-refractivity contribution in [2.24, 2.45) is 0 Å². The number of hydrogen-bond acceptors (Lipinski definition) is 4.